The van der Waals surface area contributed by atoms with Crippen LogP contribution in [0.2, 0.25) is 5.02 Å². The summed E-state index contributed by atoms with van der Waals surface area (Å²) >= 11 is 6.06. The maximum atomic E-state index is 11.3. The molecule has 0 saturated heterocycles. The molecular weight excluding hydrogens is 232 g/mol. The first-order valence-electron chi connectivity index (χ1n) is 4.62. The molecule has 84 valence electrons. The molecule has 0 atom stereocenters. The van der Waals surface area contributed by atoms with E-state index in [2.05, 4.69) is 0 Å². The average Bonchev–Trinajstić information content (AvgIpc) is 1.99. The van der Waals surface area contributed by atoms with Crippen LogP contribution in [-0.4, -0.2) is 14.7 Å². The molecule has 0 heterocycles. The van der Waals surface area contributed by atoms with Gasteiger partial charge in [0.05, 0.1) is 4.90 Å². The highest BCUT2D eigenvalue weighted by atomic mass is 35.5. The van der Waals surface area contributed by atoms with E-state index in [1.165, 1.54) is 12.3 Å². The highest BCUT2D eigenvalue weighted by Crippen LogP contribution is 2.30. The first-order chi connectivity index (χ1) is 6.62. The summed E-state index contributed by atoms with van der Waals surface area (Å²) in [5.41, 5.74) is 0.879. The Balaban J connectivity index is 3.34. The molecule has 4 heteroatoms. The number of rotatable bonds is 1. The van der Waals surface area contributed by atoms with Crippen molar-refractivity contribution in [2.45, 2.75) is 31.1 Å². The fraction of sp³-hybridized carbons (Fsp3) is 0.455. The van der Waals surface area contributed by atoms with Crippen molar-refractivity contribution >= 4 is 21.4 Å². The second kappa shape index (κ2) is 3.80. The second-order valence-corrected chi connectivity index (χ2v) is 7.09. The van der Waals surface area contributed by atoms with Crippen LogP contribution in [0, 0.1) is 0 Å². The van der Waals surface area contributed by atoms with E-state index in [4.69, 9.17) is 11.6 Å². The molecule has 1 aromatic rings. The van der Waals surface area contributed by atoms with Gasteiger partial charge in [-0.3, -0.25) is 0 Å². The summed E-state index contributed by atoms with van der Waals surface area (Å²) in [4.78, 5) is 0.264. The molecule has 1 aromatic carbocycles. The van der Waals surface area contributed by atoms with Gasteiger partial charge in [-0.1, -0.05) is 38.4 Å². The molecule has 0 unspecified atom stereocenters. The van der Waals surface area contributed by atoms with Crippen LogP contribution in [0.25, 0.3) is 0 Å². The Hall–Kier alpha value is -0.540. The topological polar surface area (TPSA) is 34.1 Å². The summed E-state index contributed by atoms with van der Waals surface area (Å²) in [7, 11) is -3.17. The minimum atomic E-state index is -3.17. The largest absolute Gasteiger partial charge is 0.224 e. The lowest BCUT2D eigenvalue weighted by atomic mass is 9.87. The van der Waals surface area contributed by atoms with Crippen LogP contribution in [0.15, 0.2) is 23.1 Å². The molecular formula is C11H15ClO2S. The Morgan fingerprint density at radius 2 is 1.73 bits per heavy atom. The van der Waals surface area contributed by atoms with Gasteiger partial charge in [0.25, 0.3) is 0 Å². The number of hydrogen-bond acceptors (Lipinski definition) is 2. The van der Waals surface area contributed by atoms with Crippen molar-refractivity contribution in [3.63, 3.8) is 0 Å². The Morgan fingerprint density at radius 1 is 1.20 bits per heavy atom. The lowest BCUT2D eigenvalue weighted by Crippen LogP contribution is -2.12. The van der Waals surface area contributed by atoms with Crippen LogP contribution in [-0.2, 0) is 15.3 Å². The van der Waals surface area contributed by atoms with E-state index in [-0.39, 0.29) is 10.3 Å². The molecule has 0 N–H and O–H groups in total. The SMILES string of the molecule is CC(C)(C)c1ccc(S(C)(=O)=O)cc1Cl. The third kappa shape index (κ3) is 2.95. The molecule has 0 fully saturated rings. The summed E-state index contributed by atoms with van der Waals surface area (Å²) in [5, 5.41) is 0.505. The zero-order valence-electron chi connectivity index (χ0n) is 9.33. The molecule has 15 heavy (non-hydrogen) atoms. The van der Waals surface area contributed by atoms with E-state index < -0.39 is 9.84 Å². The minimum Gasteiger partial charge on any atom is -0.224 e. The van der Waals surface area contributed by atoms with Crippen molar-refractivity contribution in [3.05, 3.63) is 28.8 Å². The van der Waals surface area contributed by atoms with Crippen LogP contribution in [0.3, 0.4) is 0 Å². The van der Waals surface area contributed by atoms with Crippen LogP contribution < -0.4 is 0 Å². The monoisotopic (exact) mass is 246 g/mol. The third-order valence-electron chi connectivity index (χ3n) is 2.18. The van der Waals surface area contributed by atoms with E-state index in [0.29, 0.717) is 5.02 Å². The van der Waals surface area contributed by atoms with Gasteiger partial charge in [-0.2, -0.15) is 0 Å². The van der Waals surface area contributed by atoms with Crippen molar-refractivity contribution in [2.75, 3.05) is 6.26 Å². The summed E-state index contributed by atoms with van der Waals surface area (Å²) in [6, 6.07) is 4.89. The predicted octanol–water partition coefficient (Wildman–Crippen LogP) is 3.04. The van der Waals surface area contributed by atoms with E-state index >= 15 is 0 Å². The van der Waals surface area contributed by atoms with E-state index in [1.807, 2.05) is 20.8 Å². The summed E-state index contributed by atoms with van der Waals surface area (Å²) < 4.78 is 22.6. The summed E-state index contributed by atoms with van der Waals surface area (Å²) in [5.74, 6) is 0. The van der Waals surface area contributed by atoms with Crippen LogP contribution in [0.1, 0.15) is 26.3 Å². The van der Waals surface area contributed by atoms with Crippen LogP contribution >= 0.6 is 11.6 Å². The molecule has 0 amide bonds. The minimum absolute atomic E-state index is 0.0763. The second-order valence-electron chi connectivity index (χ2n) is 4.66. The average molecular weight is 247 g/mol. The Labute approximate surface area is 96.2 Å². The first-order valence-corrected chi connectivity index (χ1v) is 6.89. The Morgan fingerprint density at radius 3 is 2.07 bits per heavy atom. The lowest BCUT2D eigenvalue weighted by molar-refractivity contribution is 0.587. The Kier molecular flexibility index (Phi) is 3.17. The molecule has 0 saturated carbocycles. The van der Waals surface area contributed by atoms with Crippen LogP contribution in [0.4, 0.5) is 0 Å². The van der Waals surface area contributed by atoms with Gasteiger partial charge in [0, 0.05) is 11.3 Å². The van der Waals surface area contributed by atoms with Crippen molar-refractivity contribution in [3.8, 4) is 0 Å². The molecule has 0 bridgehead atoms. The Bertz CT molecular complexity index is 470. The van der Waals surface area contributed by atoms with Gasteiger partial charge < -0.3 is 0 Å². The summed E-state index contributed by atoms with van der Waals surface area (Å²) in [6.45, 7) is 6.11. The predicted molar refractivity (Wildman–Crippen MR) is 63.3 cm³/mol. The quantitative estimate of drug-likeness (QED) is 0.763. The van der Waals surface area contributed by atoms with E-state index in [9.17, 15) is 8.42 Å². The molecule has 0 aliphatic heterocycles. The standard InChI is InChI=1S/C11H15ClO2S/c1-11(2,3)9-6-5-8(7-10(9)12)15(4,13)14/h5-7H,1-4H3. The van der Waals surface area contributed by atoms with Gasteiger partial charge in [-0.25, -0.2) is 8.42 Å². The van der Waals surface area contributed by atoms with Crippen molar-refractivity contribution in [2.24, 2.45) is 0 Å². The van der Waals surface area contributed by atoms with Gasteiger partial charge in [0.15, 0.2) is 9.84 Å². The maximum absolute atomic E-state index is 11.3. The molecule has 0 aliphatic carbocycles. The van der Waals surface area contributed by atoms with Gasteiger partial charge >= 0.3 is 0 Å². The zero-order valence-corrected chi connectivity index (χ0v) is 10.9. The highest BCUT2D eigenvalue weighted by Gasteiger charge is 2.18. The van der Waals surface area contributed by atoms with Crippen molar-refractivity contribution in [1.29, 1.82) is 0 Å². The molecule has 1 rings (SSSR count). The van der Waals surface area contributed by atoms with Gasteiger partial charge in [0.2, 0.25) is 0 Å². The number of benzene rings is 1. The molecule has 0 spiro atoms. The number of hydrogen-bond donors (Lipinski definition) is 0. The van der Waals surface area contributed by atoms with Crippen molar-refractivity contribution in [1.82, 2.24) is 0 Å². The number of sulfone groups is 1. The van der Waals surface area contributed by atoms with Gasteiger partial charge in [0.1, 0.15) is 0 Å². The van der Waals surface area contributed by atoms with Crippen LogP contribution in [0.5, 0.6) is 0 Å². The fourth-order valence-corrected chi connectivity index (χ4v) is 2.51. The van der Waals surface area contributed by atoms with E-state index in [1.54, 1.807) is 12.1 Å². The summed E-state index contributed by atoms with van der Waals surface area (Å²) in [6.07, 6.45) is 1.18. The van der Waals surface area contributed by atoms with Crippen molar-refractivity contribution < 1.29 is 8.42 Å². The third-order valence-corrected chi connectivity index (χ3v) is 3.60. The smallest absolute Gasteiger partial charge is 0.175 e. The number of halogens is 1. The molecule has 0 aromatic heterocycles. The first kappa shape index (κ1) is 12.5. The van der Waals surface area contributed by atoms with E-state index in [0.717, 1.165) is 5.56 Å². The fourth-order valence-electron chi connectivity index (χ4n) is 1.33. The maximum Gasteiger partial charge on any atom is 0.175 e. The zero-order chi connectivity index (χ0) is 11.9. The van der Waals surface area contributed by atoms with Gasteiger partial charge in [-0.15, -0.1) is 0 Å². The van der Waals surface area contributed by atoms with Gasteiger partial charge in [-0.05, 0) is 23.1 Å². The normalized spacial score (nSPS) is 12.9. The molecule has 0 aliphatic rings. The molecule has 2 nitrogen and oxygen atoms in total. The lowest BCUT2D eigenvalue weighted by Gasteiger charge is -2.20. The highest BCUT2D eigenvalue weighted by molar-refractivity contribution is 7.90. The molecule has 0 radical (unpaired) electrons.